The van der Waals surface area contributed by atoms with Gasteiger partial charge in [-0.2, -0.15) is 0 Å². The third-order valence-corrected chi connectivity index (χ3v) is 3.11. The van der Waals surface area contributed by atoms with Gasteiger partial charge in [-0.15, -0.1) is 0 Å². The summed E-state index contributed by atoms with van der Waals surface area (Å²) in [5, 5.41) is 3.42. The minimum Gasteiger partial charge on any atom is -0.371 e. The zero-order chi connectivity index (χ0) is 12.7. The van der Waals surface area contributed by atoms with E-state index in [0.29, 0.717) is 5.92 Å². The molecular formula is C15H26N2. The second-order valence-electron chi connectivity index (χ2n) is 4.74. The maximum atomic E-state index is 3.42. The predicted molar refractivity (Wildman–Crippen MR) is 76.8 cm³/mol. The molecule has 0 fully saturated rings. The van der Waals surface area contributed by atoms with Gasteiger partial charge in [-0.1, -0.05) is 32.0 Å². The molecule has 0 saturated carbocycles. The SMILES string of the molecule is CCNCC(C)CN(CC)c1ccccc1C. The summed E-state index contributed by atoms with van der Waals surface area (Å²) in [4.78, 5) is 2.47. The van der Waals surface area contributed by atoms with Crippen LogP contribution in [0.2, 0.25) is 0 Å². The molecule has 1 aromatic carbocycles. The second-order valence-corrected chi connectivity index (χ2v) is 4.74. The third-order valence-electron chi connectivity index (χ3n) is 3.11. The monoisotopic (exact) mass is 234 g/mol. The van der Waals surface area contributed by atoms with E-state index in [-0.39, 0.29) is 0 Å². The van der Waals surface area contributed by atoms with Crippen molar-refractivity contribution in [3.63, 3.8) is 0 Å². The molecule has 1 atom stereocenters. The van der Waals surface area contributed by atoms with Crippen LogP contribution in [0.1, 0.15) is 26.3 Å². The Morgan fingerprint density at radius 2 is 1.94 bits per heavy atom. The Morgan fingerprint density at radius 1 is 1.24 bits per heavy atom. The molecule has 0 amide bonds. The Morgan fingerprint density at radius 3 is 2.53 bits per heavy atom. The van der Waals surface area contributed by atoms with Crippen molar-refractivity contribution in [1.29, 1.82) is 0 Å². The van der Waals surface area contributed by atoms with Crippen LogP contribution in [-0.2, 0) is 0 Å². The highest BCUT2D eigenvalue weighted by molar-refractivity contribution is 5.52. The van der Waals surface area contributed by atoms with Crippen molar-refractivity contribution < 1.29 is 0 Å². The molecule has 1 rings (SSSR count). The third kappa shape index (κ3) is 4.39. The minimum absolute atomic E-state index is 0.675. The van der Waals surface area contributed by atoms with E-state index in [0.717, 1.165) is 26.2 Å². The lowest BCUT2D eigenvalue weighted by Gasteiger charge is -2.28. The van der Waals surface area contributed by atoms with Crippen LogP contribution < -0.4 is 10.2 Å². The van der Waals surface area contributed by atoms with Crippen molar-refractivity contribution in [1.82, 2.24) is 5.32 Å². The molecule has 0 radical (unpaired) electrons. The fourth-order valence-corrected chi connectivity index (χ4v) is 2.15. The Labute approximate surface area is 106 Å². The summed E-state index contributed by atoms with van der Waals surface area (Å²) < 4.78 is 0. The number of nitrogens with one attached hydrogen (secondary N) is 1. The number of hydrogen-bond donors (Lipinski definition) is 1. The van der Waals surface area contributed by atoms with Gasteiger partial charge in [0, 0.05) is 18.8 Å². The summed E-state index contributed by atoms with van der Waals surface area (Å²) in [5.41, 5.74) is 2.74. The largest absolute Gasteiger partial charge is 0.371 e. The van der Waals surface area contributed by atoms with Crippen LogP contribution in [0.3, 0.4) is 0 Å². The van der Waals surface area contributed by atoms with Crippen LogP contribution in [0.25, 0.3) is 0 Å². The number of rotatable bonds is 7. The quantitative estimate of drug-likeness (QED) is 0.780. The summed E-state index contributed by atoms with van der Waals surface area (Å²) in [5.74, 6) is 0.675. The molecular weight excluding hydrogens is 208 g/mol. The normalized spacial score (nSPS) is 12.5. The zero-order valence-electron chi connectivity index (χ0n) is 11.7. The molecule has 0 heterocycles. The van der Waals surface area contributed by atoms with E-state index in [1.807, 2.05) is 0 Å². The Bertz CT molecular complexity index is 322. The van der Waals surface area contributed by atoms with Crippen molar-refractivity contribution in [3.05, 3.63) is 29.8 Å². The Hall–Kier alpha value is -1.02. The highest BCUT2D eigenvalue weighted by atomic mass is 15.1. The van der Waals surface area contributed by atoms with Crippen LogP contribution in [0.4, 0.5) is 5.69 Å². The van der Waals surface area contributed by atoms with Gasteiger partial charge in [0.05, 0.1) is 0 Å². The number of nitrogens with zero attached hydrogens (tertiary/aromatic N) is 1. The van der Waals surface area contributed by atoms with Crippen LogP contribution >= 0.6 is 0 Å². The molecule has 0 saturated heterocycles. The van der Waals surface area contributed by atoms with E-state index >= 15 is 0 Å². The van der Waals surface area contributed by atoms with Gasteiger partial charge in [0.15, 0.2) is 0 Å². The van der Waals surface area contributed by atoms with Gasteiger partial charge in [0.25, 0.3) is 0 Å². The highest BCUT2D eigenvalue weighted by Crippen LogP contribution is 2.20. The van der Waals surface area contributed by atoms with Gasteiger partial charge >= 0.3 is 0 Å². The molecule has 1 N–H and O–H groups in total. The lowest BCUT2D eigenvalue weighted by Crippen LogP contribution is -2.33. The van der Waals surface area contributed by atoms with Gasteiger partial charge in [-0.05, 0) is 44.5 Å². The van der Waals surface area contributed by atoms with E-state index in [1.54, 1.807) is 0 Å². The van der Waals surface area contributed by atoms with Crippen molar-refractivity contribution in [2.45, 2.75) is 27.7 Å². The number of para-hydroxylation sites is 1. The first kappa shape index (κ1) is 14.0. The fourth-order valence-electron chi connectivity index (χ4n) is 2.15. The van der Waals surface area contributed by atoms with E-state index in [4.69, 9.17) is 0 Å². The molecule has 0 bridgehead atoms. The van der Waals surface area contributed by atoms with E-state index in [2.05, 4.69) is 62.2 Å². The molecule has 0 aliphatic carbocycles. The molecule has 96 valence electrons. The van der Waals surface area contributed by atoms with Crippen LogP contribution in [0.5, 0.6) is 0 Å². The van der Waals surface area contributed by atoms with E-state index < -0.39 is 0 Å². The smallest absolute Gasteiger partial charge is 0.0395 e. The highest BCUT2D eigenvalue weighted by Gasteiger charge is 2.10. The van der Waals surface area contributed by atoms with Crippen molar-refractivity contribution in [3.8, 4) is 0 Å². The molecule has 17 heavy (non-hydrogen) atoms. The minimum atomic E-state index is 0.675. The van der Waals surface area contributed by atoms with Gasteiger partial charge in [0.2, 0.25) is 0 Å². The van der Waals surface area contributed by atoms with E-state index in [9.17, 15) is 0 Å². The molecule has 2 nitrogen and oxygen atoms in total. The lowest BCUT2D eigenvalue weighted by atomic mass is 10.1. The summed E-state index contributed by atoms with van der Waals surface area (Å²) in [6, 6.07) is 8.64. The van der Waals surface area contributed by atoms with Crippen molar-refractivity contribution >= 4 is 5.69 Å². The first-order valence-corrected chi connectivity index (χ1v) is 6.70. The Kier molecular flexibility index (Phi) is 6.06. The molecule has 0 aromatic heterocycles. The standard InChI is InChI=1S/C15H26N2/c1-5-16-11-13(3)12-17(6-2)15-10-8-7-9-14(15)4/h7-10,13,16H,5-6,11-12H2,1-4H3. The van der Waals surface area contributed by atoms with Gasteiger partial charge in [-0.3, -0.25) is 0 Å². The van der Waals surface area contributed by atoms with Crippen molar-refractivity contribution in [2.75, 3.05) is 31.1 Å². The van der Waals surface area contributed by atoms with Crippen molar-refractivity contribution in [2.24, 2.45) is 5.92 Å². The first-order valence-electron chi connectivity index (χ1n) is 6.70. The predicted octanol–water partition coefficient (Wildman–Crippen LogP) is 3.07. The number of aryl methyl sites for hydroxylation is 1. The summed E-state index contributed by atoms with van der Waals surface area (Å²) in [6.07, 6.45) is 0. The van der Waals surface area contributed by atoms with Gasteiger partial charge < -0.3 is 10.2 Å². The topological polar surface area (TPSA) is 15.3 Å². The van der Waals surface area contributed by atoms with Crippen LogP contribution in [0.15, 0.2) is 24.3 Å². The number of hydrogen-bond acceptors (Lipinski definition) is 2. The molecule has 0 aliphatic rings. The van der Waals surface area contributed by atoms with Gasteiger partial charge in [0.1, 0.15) is 0 Å². The second kappa shape index (κ2) is 7.33. The lowest BCUT2D eigenvalue weighted by molar-refractivity contribution is 0.515. The maximum Gasteiger partial charge on any atom is 0.0395 e. The number of benzene rings is 1. The Balaban J connectivity index is 2.62. The average molecular weight is 234 g/mol. The maximum absolute atomic E-state index is 3.42. The molecule has 0 spiro atoms. The summed E-state index contributed by atoms with van der Waals surface area (Å²) in [6.45, 7) is 13.2. The van der Waals surface area contributed by atoms with E-state index in [1.165, 1.54) is 11.3 Å². The summed E-state index contributed by atoms with van der Waals surface area (Å²) in [7, 11) is 0. The van der Waals surface area contributed by atoms with Crippen LogP contribution in [0, 0.1) is 12.8 Å². The summed E-state index contributed by atoms with van der Waals surface area (Å²) >= 11 is 0. The fraction of sp³-hybridized carbons (Fsp3) is 0.600. The van der Waals surface area contributed by atoms with Crippen LogP contribution in [-0.4, -0.2) is 26.2 Å². The van der Waals surface area contributed by atoms with Gasteiger partial charge in [-0.25, -0.2) is 0 Å². The average Bonchev–Trinajstić information content (AvgIpc) is 2.34. The number of anilines is 1. The molecule has 2 heteroatoms. The first-order chi connectivity index (χ1) is 8.19. The molecule has 0 aliphatic heterocycles. The zero-order valence-corrected chi connectivity index (χ0v) is 11.7. The molecule has 1 unspecified atom stereocenters. The molecule has 1 aromatic rings.